The van der Waals surface area contributed by atoms with Gasteiger partial charge < -0.3 is 5.73 Å². The van der Waals surface area contributed by atoms with Crippen molar-refractivity contribution in [2.24, 2.45) is 11.8 Å². The van der Waals surface area contributed by atoms with Gasteiger partial charge in [-0.3, -0.25) is 4.90 Å². The smallest absolute Gasteiger partial charge is 0.0366 e. The molecule has 2 atom stereocenters. The molecule has 0 aromatic heterocycles. The third-order valence-electron chi connectivity index (χ3n) is 4.82. The molecule has 0 radical (unpaired) electrons. The lowest BCUT2D eigenvalue weighted by molar-refractivity contribution is 0.132. The summed E-state index contributed by atoms with van der Waals surface area (Å²) in [6, 6.07) is 12.8. The van der Waals surface area contributed by atoms with Crippen LogP contribution in [0.15, 0.2) is 36.4 Å². The molecular weight excluding hydrogens is 244 g/mol. The van der Waals surface area contributed by atoms with Crippen molar-refractivity contribution in [2.45, 2.75) is 26.8 Å². The average molecular weight is 268 g/mol. The molecule has 0 aliphatic carbocycles. The van der Waals surface area contributed by atoms with Crippen molar-refractivity contribution >= 4 is 16.5 Å². The van der Waals surface area contributed by atoms with Gasteiger partial charge in [-0.15, -0.1) is 0 Å². The minimum absolute atomic E-state index is 0.783. The average Bonchev–Trinajstić information content (AvgIpc) is 2.44. The third kappa shape index (κ3) is 2.66. The number of hydrogen-bond acceptors (Lipinski definition) is 2. The summed E-state index contributed by atoms with van der Waals surface area (Å²) in [6.45, 7) is 8.09. The first kappa shape index (κ1) is 13.4. The van der Waals surface area contributed by atoms with Crippen molar-refractivity contribution in [1.82, 2.24) is 4.90 Å². The molecule has 0 spiro atoms. The largest absolute Gasteiger partial charge is 0.398 e. The lowest BCUT2D eigenvalue weighted by atomic mass is 9.88. The third-order valence-corrected chi connectivity index (χ3v) is 4.82. The van der Waals surface area contributed by atoms with E-state index in [1.165, 1.54) is 35.8 Å². The maximum atomic E-state index is 6.24. The molecule has 1 aliphatic rings. The molecule has 3 rings (SSSR count). The molecule has 1 fully saturated rings. The number of benzene rings is 2. The molecule has 106 valence electrons. The topological polar surface area (TPSA) is 29.3 Å². The molecule has 0 bridgehead atoms. The summed E-state index contributed by atoms with van der Waals surface area (Å²) in [5.74, 6) is 1.63. The van der Waals surface area contributed by atoms with Crippen molar-refractivity contribution < 1.29 is 0 Å². The Morgan fingerprint density at radius 2 is 1.80 bits per heavy atom. The Bertz CT molecular complexity index is 605. The van der Waals surface area contributed by atoms with E-state index < -0.39 is 0 Å². The van der Waals surface area contributed by atoms with Gasteiger partial charge in [-0.2, -0.15) is 0 Å². The minimum Gasteiger partial charge on any atom is -0.398 e. The molecule has 2 nitrogen and oxygen atoms in total. The molecule has 1 saturated heterocycles. The van der Waals surface area contributed by atoms with Crippen LogP contribution in [0, 0.1) is 11.8 Å². The molecule has 2 heteroatoms. The molecule has 20 heavy (non-hydrogen) atoms. The van der Waals surface area contributed by atoms with E-state index in [0.717, 1.165) is 24.1 Å². The Hall–Kier alpha value is -1.54. The second kappa shape index (κ2) is 5.45. The second-order valence-corrected chi connectivity index (χ2v) is 6.38. The van der Waals surface area contributed by atoms with Gasteiger partial charge in [-0.25, -0.2) is 0 Å². The predicted molar refractivity (Wildman–Crippen MR) is 86.6 cm³/mol. The van der Waals surface area contributed by atoms with Crippen LogP contribution in [-0.4, -0.2) is 18.0 Å². The number of likely N-dealkylation sites (tertiary alicyclic amines) is 1. The monoisotopic (exact) mass is 268 g/mol. The van der Waals surface area contributed by atoms with Crippen LogP contribution in [0.1, 0.15) is 25.8 Å². The highest BCUT2D eigenvalue weighted by molar-refractivity contribution is 5.86. The number of nitrogens with two attached hydrogens (primary N) is 1. The minimum atomic E-state index is 0.783. The van der Waals surface area contributed by atoms with Crippen molar-refractivity contribution in [3.8, 4) is 0 Å². The van der Waals surface area contributed by atoms with E-state index >= 15 is 0 Å². The van der Waals surface area contributed by atoms with E-state index in [1.807, 2.05) is 0 Å². The SMILES string of the molecule is CC1CCN(Cc2cc3ccccc3cc2N)CC1C. The van der Waals surface area contributed by atoms with Crippen LogP contribution in [0.2, 0.25) is 0 Å². The van der Waals surface area contributed by atoms with Crippen LogP contribution in [0.3, 0.4) is 0 Å². The van der Waals surface area contributed by atoms with Crippen LogP contribution in [0.4, 0.5) is 5.69 Å². The number of nitrogens with zero attached hydrogens (tertiary/aromatic N) is 1. The Labute approximate surface area is 121 Å². The fraction of sp³-hybridized carbons (Fsp3) is 0.444. The number of hydrogen-bond donors (Lipinski definition) is 1. The summed E-state index contributed by atoms with van der Waals surface area (Å²) in [4.78, 5) is 2.55. The first-order chi connectivity index (χ1) is 9.63. The van der Waals surface area contributed by atoms with Crippen molar-refractivity contribution in [2.75, 3.05) is 18.8 Å². The molecule has 2 N–H and O–H groups in total. The molecule has 0 amide bonds. The van der Waals surface area contributed by atoms with E-state index in [9.17, 15) is 0 Å². The Kier molecular flexibility index (Phi) is 3.66. The lowest BCUT2D eigenvalue weighted by Crippen LogP contribution is -2.37. The summed E-state index contributed by atoms with van der Waals surface area (Å²) in [7, 11) is 0. The summed E-state index contributed by atoms with van der Waals surface area (Å²) in [5.41, 5.74) is 8.43. The zero-order valence-corrected chi connectivity index (χ0v) is 12.5. The normalized spacial score (nSPS) is 24.1. The predicted octanol–water partition coefficient (Wildman–Crippen LogP) is 3.90. The van der Waals surface area contributed by atoms with Gasteiger partial charge in [0.25, 0.3) is 0 Å². The molecule has 0 saturated carbocycles. The summed E-state index contributed by atoms with van der Waals surface area (Å²) < 4.78 is 0. The van der Waals surface area contributed by atoms with Gasteiger partial charge in [0, 0.05) is 18.8 Å². The number of anilines is 1. The van der Waals surface area contributed by atoms with Crippen molar-refractivity contribution in [3.05, 3.63) is 42.0 Å². The fourth-order valence-electron chi connectivity index (χ4n) is 3.18. The number of fused-ring (bicyclic) bond motifs is 1. The highest BCUT2D eigenvalue weighted by Crippen LogP contribution is 2.27. The van der Waals surface area contributed by atoms with Gasteiger partial charge in [0.2, 0.25) is 0 Å². The standard InChI is InChI=1S/C18H24N2/c1-13-7-8-20(11-14(13)2)12-17-9-15-5-3-4-6-16(15)10-18(17)19/h3-6,9-10,13-14H,7-8,11-12,19H2,1-2H3. The Balaban J connectivity index is 1.82. The summed E-state index contributed by atoms with van der Waals surface area (Å²) >= 11 is 0. The van der Waals surface area contributed by atoms with Crippen molar-refractivity contribution in [1.29, 1.82) is 0 Å². The first-order valence-electron chi connectivity index (χ1n) is 7.63. The van der Waals surface area contributed by atoms with E-state index in [2.05, 4.69) is 55.1 Å². The van der Waals surface area contributed by atoms with Gasteiger partial charge in [-0.05, 0) is 53.3 Å². The van der Waals surface area contributed by atoms with Crippen LogP contribution in [0.5, 0.6) is 0 Å². The lowest BCUT2D eigenvalue weighted by Gasteiger charge is -2.35. The molecule has 1 aliphatic heterocycles. The van der Waals surface area contributed by atoms with Crippen LogP contribution < -0.4 is 5.73 Å². The van der Waals surface area contributed by atoms with E-state index in [1.54, 1.807) is 0 Å². The number of nitrogen functional groups attached to an aromatic ring is 1. The maximum absolute atomic E-state index is 6.24. The Morgan fingerprint density at radius 3 is 2.50 bits per heavy atom. The molecule has 2 aromatic rings. The van der Waals surface area contributed by atoms with E-state index in [0.29, 0.717) is 0 Å². The zero-order chi connectivity index (χ0) is 14.1. The number of rotatable bonds is 2. The fourth-order valence-corrected chi connectivity index (χ4v) is 3.18. The quantitative estimate of drug-likeness (QED) is 0.837. The molecular formula is C18H24N2. The second-order valence-electron chi connectivity index (χ2n) is 6.38. The van der Waals surface area contributed by atoms with Gasteiger partial charge in [0.15, 0.2) is 0 Å². The van der Waals surface area contributed by atoms with Gasteiger partial charge in [0.05, 0.1) is 0 Å². The highest BCUT2D eigenvalue weighted by Gasteiger charge is 2.22. The zero-order valence-electron chi connectivity index (χ0n) is 12.5. The van der Waals surface area contributed by atoms with Crippen LogP contribution >= 0.6 is 0 Å². The van der Waals surface area contributed by atoms with Crippen LogP contribution in [0.25, 0.3) is 10.8 Å². The molecule has 1 heterocycles. The van der Waals surface area contributed by atoms with Crippen molar-refractivity contribution in [3.63, 3.8) is 0 Å². The van der Waals surface area contributed by atoms with Gasteiger partial charge >= 0.3 is 0 Å². The van der Waals surface area contributed by atoms with E-state index in [4.69, 9.17) is 5.73 Å². The van der Waals surface area contributed by atoms with Crippen LogP contribution in [-0.2, 0) is 6.54 Å². The number of piperidine rings is 1. The summed E-state index contributed by atoms with van der Waals surface area (Å²) in [6.07, 6.45) is 1.30. The summed E-state index contributed by atoms with van der Waals surface area (Å²) in [5, 5.41) is 2.52. The van der Waals surface area contributed by atoms with Gasteiger partial charge in [-0.1, -0.05) is 38.1 Å². The Morgan fingerprint density at radius 1 is 1.10 bits per heavy atom. The molecule has 2 aromatic carbocycles. The van der Waals surface area contributed by atoms with Gasteiger partial charge in [0.1, 0.15) is 0 Å². The highest BCUT2D eigenvalue weighted by atomic mass is 15.1. The molecule has 2 unspecified atom stereocenters. The van der Waals surface area contributed by atoms with E-state index in [-0.39, 0.29) is 0 Å². The maximum Gasteiger partial charge on any atom is 0.0366 e. The first-order valence-corrected chi connectivity index (χ1v) is 7.63.